The van der Waals surface area contributed by atoms with Crippen molar-refractivity contribution in [2.45, 2.75) is 12.8 Å². The molecule has 0 aromatic rings. The standard InChI is InChI=1S/C5H11NO3.C5H10O3S/c6-2-4-9-3-1-5(7)8;6-5(7)1-2-8-3-4-9/h1-4,6H2,(H,7,8);9H,1-4H2,(H,6,7). The zero-order chi connectivity index (χ0) is 14.2. The molecule has 0 amide bonds. The molecule has 0 aliphatic rings. The van der Waals surface area contributed by atoms with E-state index < -0.39 is 11.9 Å². The van der Waals surface area contributed by atoms with E-state index in [4.69, 9.17) is 25.4 Å². The molecule has 0 rings (SSSR count). The van der Waals surface area contributed by atoms with E-state index in [0.29, 0.717) is 25.5 Å². The Balaban J connectivity index is 0. The zero-order valence-electron chi connectivity index (χ0n) is 10.2. The molecule has 7 nitrogen and oxygen atoms in total. The molecule has 8 heteroatoms. The molecule has 18 heavy (non-hydrogen) atoms. The van der Waals surface area contributed by atoms with Gasteiger partial charge in [0.15, 0.2) is 0 Å². The van der Waals surface area contributed by atoms with Gasteiger partial charge < -0.3 is 25.4 Å². The van der Waals surface area contributed by atoms with Crippen molar-refractivity contribution in [3.63, 3.8) is 0 Å². The van der Waals surface area contributed by atoms with Crippen molar-refractivity contribution in [2.24, 2.45) is 5.73 Å². The fourth-order valence-corrected chi connectivity index (χ4v) is 0.800. The lowest BCUT2D eigenvalue weighted by Crippen LogP contribution is -2.10. The Hall–Kier alpha value is -0.830. The van der Waals surface area contributed by atoms with Crippen molar-refractivity contribution in [2.75, 3.05) is 38.7 Å². The van der Waals surface area contributed by atoms with Gasteiger partial charge in [-0.05, 0) is 0 Å². The number of rotatable bonds is 10. The molecule has 0 aliphatic heterocycles. The lowest BCUT2D eigenvalue weighted by atomic mass is 10.5. The molecule has 0 heterocycles. The zero-order valence-corrected chi connectivity index (χ0v) is 11.1. The number of aliphatic carboxylic acids is 2. The number of hydrogen-bond acceptors (Lipinski definition) is 6. The summed E-state index contributed by atoms with van der Waals surface area (Å²) in [6.07, 6.45) is 0.133. The van der Waals surface area contributed by atoms with Gasteiger partial charge in [-0.25, -0.2) is 0 Å². The normalized spacial score (nSPS) is 9.44. The fourth-order valence-electron chi connectivity index (χ4n) is 0.671. The maximum absolute atomic E-state index is 9.86. The third kappa shape index (κ3) is 24.4. The van der Waals surface area contributed by atoms with Crippen molar-refractivity contribution < 1.29 is 29.3 Å². The van der Waals surface area contributed by atoms with Gasteiger partial charge in [0, 0.05) is 12.3 Å². The average Bonchev–Trinajstić information content (AvgIpc) is 2.31. The number of ether oxygens (including phenoxy) is 2. The van der Waals surface area contributed by atoms with Gasteiger partial charge in [0.05, 0.1) is 39.3 Å². The predicted octanol–water partition coefficient (Wildman–Crippen LogP) is -0.156. The van der Waals surface area contributed by atoms with Gasteiger partial charge in [0.25, 0.3) is 0 Å². The molecule has 0 aliphatic carbocycles. The van der Waals surface area contributed by atoms with Crippen LogP contribution < -0.4 is 5.73 Å². The molecule has 0 spiro atoms. The minimum atomic E-state index is -0.841. The number of carbonyl (C=O) groups is 2. The third-order valence-electron chi connectivity index (χ3n) is 1.42. The average molecular weight is 283 g/mol. The Morgan fingerprint density at radius 1 is 0.944 bits per heavy atom. The second kappa shape index (κ2) is 16.2. The summed E-state index contributed by atoms with van der Waals surface area (Å²) in [7, 11) is 0. The van der Waals surface area contributed by atoms with Crippen molar-refractivity contribution in [3.8, 4) is 0 Å². The molecule has 0 unspecified atom stereocenters. The Kier molecular flexibility index (Phi) is 17.5. The largest absolute Gasteiger partial charge is 0.481 e. The highest BCUT2D eigenvalue weighted by atomic mass is 32.1. The van der Waals surface area contributed by atoms with Crippen LogP contribution in [0.25, 0.3) is 0 Å². The van der Waals surface area contributed by atoms with Crippen molar-refractivity contribution in [3.05, 3.63) is 0 Å². The molecule has 0 aromatic carbocycles. The van der Waals surface area contributed by atoms with E-state index in [1.54, 1.807) is 0 Å². The SMILES string of the molecule is NCCOCCC(=O)O.O=C(O)CCOCCS. The third-order valence-corrected chi connectivity index (χ3v) is 1.60. The minimum absolute atomic E-state index is 0.0556. The molecule has 0 atom stereocenters. The Morgan fingerprint density at radius 3 is 1.72 bits per heavy atom. The van der Waals surface area contributed by atoms with Gasteiger partial charge in [-0.2, -0.15) is 12.6 Å². The van der Waals surface area contributed by atoms with Gasteiger partial charge >= 0.3 is 11.9 Å². The second-order valence-electron chi connectivity index (χ2n) is 3.02. The second-order valence-corrected chi connectivity index (χ2v) is 3.47. The van der Waals surface area contributed by atoms with Gasteiger partial charge in [0.1, 0.15) is 0 Å². The first-order valence-corrected chi connectivity index (χ1v) is 6.07. The van der Waals surface area contributed by atoms with Crippen LogP contribution in [0.2, 0.25) is 0 Å². The molecule has 0 aromatic heterocycles. The maximum atomic E-state index is 9.86. The van der Waals surface area contributed by atoms with E-state index in [1.165, 1.54) is 0 Å². The van der Waals surface area contributed by atoms with E-state index in [0.717, 1.165) is 0 Å². The van der Waals surface area contributed by atoms with Crippen LogP contribution in [-0.4, -0.2) is 60.9 Å². The monoisotopic (exact) mass is 283 g/mol. The summed E-state index contributed by atoms with van der Waals surface area (Å²) in [5, 5.41) is 16.2. The van der Waals surface area contributed by atoms with Gasteiger partial charge in [-0.3, -0.25) is 9.59 Å². The number of carboxylic acid groups (broad SMARTS) is 2. The lowest BCUT2D eigenvalue weighted by Gasteiger charge is -1.96. The highest BCUT2D eigenvalue weighted by Crippen LogP contribution is 1.83. The van der Waals surface area contributed by atoms with E-state index >= 15 is 0 Å². The first kappa shape index (κ1) is 19.5. The summed E-state index contributed by atoms with van der Waals surface area (Å²) < 4.78 is 9.62. The molecule has 0 fully saturated rings. The van der Waals surface area contributed by atoms with E-state index in [2.05, 4.69) is 12.6 Å². The molecule has 0 saturated heterocycles. The number of carboxylic acids is 2. The fraction of sp³-hybridized carbons (Fsp3) is 0.800. The van der Waals surface area contributed by atoms with Crippen LogP contribution in [-0.2, 0) is 19.1 Å². The molecule has 0 bridgehead atoms. The van der Waals surface area contributed by atoms with Crippen molar-refractivity contribution >= 4 is 24.6 Å². The summed E-state index contributed by atoms with van der Waals surface area (Å²) in [5.41, 5.74) is 5.07. The number of nitrogens with two attached hydrogens (primary N) is 1. The van der Waals surface area contributed by atoms with Crippen LogP contribution in [0.3, 0.4) is 0 Å². The summed E-state index contributed by atoms with van der Waals surface area (Å²) in [6, 6.07) is 0. The van der Waals surface area contributed by atoms with Crippen LogP contribution >= 0.6 is 12.6 Å². The minimum Gasteiger partial charge on any atom is -0.481 e. The van der Waals surface area contributed by atoms with Crippen LogP contribution in [0.4, 0.5) is 0 Å². The van der Waals surface area contributed by atoms with E-state index in [9.17, 15) is 9.59 Å². The molecule has 108 valence electrons. The van der Waals surface area contributed by atoms with Gasteiger partial charge in [-0.1, -0.05) is 0 Å². The number of hydrogen-bond donors (Lipinski definition) is 4. The van der Waals surface area contributed by atoms with Crippen LogP contribution in [0.5, 0.6) is 0 Å². The topological polar surface area (TPSA) is 119 Å². The molecular formula is C10H21NO6S. The molecule has 4 N–H and O–H groups in total. The van der Waals surface area contributed by atoms with Crippen molar-refractivity contribution in [1.82, 2.24) is 0 Å². The Labute approximate surface area is 112 Å². The lowest BCUT2D eigenvalue weighted by molar-refractivity contribution is -0.139. The van der Waals surface area contributed by atoms with E-state index in [1.807, 2.05) is 0 Å². The van der Waals surface area contributed by atoms with Crippen LogP contribution in [0.1, 0.15) is 12.8 Å². The molecule has 0 saturated carbocycles. The van der Waals surface area contributed by atoms with Crippen molar-refractivity contribution in [1.29, 1.82) is 0 Å². The first-order chi connectivity index (χ1) is 8.54. The highest BCUT2D eigenvalue weighted by molar-refractivity contribution is 7.80. The molecule has 0 radical (unpaired) electrons. The Bertz CT molecular complexity index is 193. The molecular weight excluding hydrogens is 262 g/mol. The number of thiol groups is 1. The van der Waals surface area contributed by atoms with Crippen LogP contribution in [0, 0.1) is 0 Å². The summed E-state index contributed by atoms with van der Waals surface area (Å²) in [5.74, 6) is -1.03. The predicted molar refractivity (Wildman–Crippen MR) is 69.1 cm³/mol. The van der Waals surface area contributed by atoms with Gasteiger partial charge in [-0.15, -0.1) is 0 Å². The quantitative estimate of drug-likeness (QED) is 0.325. The first-order valence-electron chi connectivity index (χ1n) is 5.44. The summed E-state index contributed by atoms with van der Waals surface area (Å²) in [4.78, 5) is 19.7. The maximum Gasteiger partial charge on any atom is 0.305 e. The highest BCUT2D eigenvalue weighted by Gasteiger charge is 1.94. The smallest absolute Gasteiger partial charge is 0.305 e. The van der Waals surface area contributed by atoms with E-state index in [-0.39, 0.29) is 26.1 Å². The Morgan fingerprint density at radius 2 is 1.39 bits per heavy atom. The van der Waals surface area contributed by atoms with Gasteiger partial charge in [0.2, 0.25) is 0 Å². The van der Waals surface area contributed by atoms with Crippen LogP contribution in [0.15, 0.2) is 0 Å². The summed E-state index contributed by atoms with van der Waals surface area (Å²) in [6.45, 7) is 1.95. The summed E-state index contributed by atoms with van der Waals surface area (Å²) >= 11 is 3.87.